The maximum Gasteiger partial charge on any atom is 0.251 e. The molecule has 0 aromatic heterocycles. The molecule has 0 unspecified atom stereocenters. The van der Waals surface area contributed by atoms with E-state index in [-0.39, 0.29) is 11.7 Å². The summed E-state index contributed by atoms with van der Waals surface area (Å²) < 4.78 is 13.6. The van der Waals surface area contributed by atoms with Crippen molar-refractivity contribution in [3.63, 3.8) is 0 Å². The lowest BCUT2D eigenvalue weighted by atomic mass is 10.0. The number of fused-ring (bicyclic) bond motifs is 2. The van der Waals surface area contributed by atoms with Crippen molar-refractivity contribution in [3.05, 3.63) is 120 Å². The minimum Gasteiger partial charge on any atom is -0.370 e. The number of nitrogens with one attached hydrogen (secondary N) is 1. The summed E-state index contributed by atoms with van der Waals surface area (Å²) >= 11 is 1.62. The van der Waals surface area contributed by atoms with Crippen LogP contribution in [0.15, 0.2) is 112 Å². The second kappa shape index (κ2) is 10.8. The van der Waals surface area contributed by atoms with E-state index < -0.39 is 0 Å². The van der Waals surface area contributed by atoms with Crippen molar-refractivity contribution in [2.75, 3.05) is 24.5 Å². The summed E-state index contributed by atoms with van der Waals surface area (Å²) in [4.78, 5) is 22.2. The maximum absolute atomic E-state index is 13.6. The molecule has 4 aromatic rings. The molecule has 1 aliphatic rings. The number of benzene rings is 4. The van der Waals surface area contributed by atoms with Crippen LogP contribution in [0.25, 0.3) is 0 Å². The molecule has 0 spiro atoms. The lowest BCUT2D eigenvalue weighted by Gasteiger charge is -2.23. The number of aliphatic imine (C=N–C) groups is 1. The van der Waals surface area contributed by atoms with Crippen LogP contribution < -0.4 is 10.2 Å². The van der Waals surface area contributed by atoms with Gasteiger partial charge in [-0.15, -0.1) is 0 Å². The van der Waals surface area contributed by atoms with Gasteiger partial charge >= 0.3 is 0 Å². The van der Waals surface area contributed by atoms with E-state index in [1.165, 1.54) is 12.1 Å². The molecule has 0 atom stereocenters. The Balaban J connectivity index is 1.38. The Morgan fingerprint density at radius 3 is 2.44 bits per heavy atom. The molecule has 1 aliphatic heterocycles. The van der Waals surface area contributed by atoms with Gasteiger partial charge in [-0.05, 0) is 67.6 Å². The van der Waals surface area contributed by atoms with Crippen molar-refractivity contribution in [1.29, 1.82) is 0 Å². The summed E-state index contributed by atoms with van der Waals surface area (Å²) in [5.41, 5.74) is 4.99. The summed E-state index contributed by atoms with van der Waals surface area (Å²) in [7, 11) is 0. The molecule has 6 heteroatoms. The highest BCUT2D eigenvalue weighted by atomic mass is 32.2. The quantitative estimate of drug-likeness (QED) is 0.273. The third-order valence-corrected chi connectivity index (χ3v) is 7.24. The second-order valence-electron chi connectivity index (χ2n) is 8.42. The highest BCUT2D eigenvalue weighted by Gasteiger charge is 2.20. The number of anilines is 1. The molecule has 4 aromatic carbocycles. The fraction of sp³-hybridized carbons (Fsp3) is 0.133. The van der Waals surface area contributed by atoms with Crippen molar-refractivity contribution in [2.24, 2.45) is 4.99 Å². The standard InChI is InChI=1S/C30H26FN3OS/c1-2-34(24-8-4-3-5-9-24)19-18-32-30(35)22-14-17-28-26(20-22)33-29(21-12-15-23(31)16-13-21)25-10-6-7-11-27(25)36-28/h3-17,20H,2,18-19H2,1H3,(H,32,35). The molecule has 0 saturated heterocycles. The van der Waals surface area contributed by atoms with E-state index in [9.17, 15) is 9.18 Å². The van der Waals surface area contributed by atoms with E-state index >= 15 is 0 Å². The van der Waals surface area contributed by atoms with Crippen LogP contribution in [0.4, 0.5) is 15.8 Å². The average molecular weight is 496 g/mol. The average Bonchev–Trinajstić information content (AvgIpc) is 3.08. The Morgan fingerprint density at radius 2 is 1.67 bits per heavy atom. The molecule has 1 heterocycles. The van der Waals surface area contributed by atoms with Crippen molar-refractivity contribution in [1.82, 2.24) is 5.32 Å². The number of amides is 1. The van der Waals surface area contributed by atoms with Crippen molar-refractivity contribution in [3.8, 4) is 0 Å². The molecule has 180 valence electrons. The minimum absolute atomic E-state index is 0.132. The van der Waals surface area contributed by atoms with E-state index in [4.69, 9.17) is 4.99 Å². The van der Waals surface area contributed by atoms with E-state index in [1.807, 2.05) is 54.6 Å². The van der Waals surface area contributed by atoms with Gasteiger partial charge in [-0.1, -0.05) is 48.2 Å². The molecular weight excluding hydrogens is 469 g/mol. The first-order chi connectivity index (χ1) is 17.6. The van der Waals surface area contributed by atoms with Gasteiger partial charge in [-0.2, -0.15) is 0 Å². The van der Waals surface area contributed by atoms with Gasteiger partial charge in [0.05, 0.1) is 11.4 Å². The summed E-state index contributed by atoms with van der Waals surface area (Å²) in [6.45, 7) is 4.21. The van der Waals surface area contributed by atoms with Gasteiger partial charge in [0, 0.05) is 51.8 Å². The second-order valence-corrected chi connectivity index (χ2v) is 9.50. The Labute approximate surface area is 214 Å². The van der Waals surface area contributed by atoms with Crippen molar-refractivity contribution < 1.29 is 9.18 Å². The lowest BCUT2D eigenvalue weighted by Crippen LogP contribution is -2.34. The molecule has 36 heavy (non-hydrogen) atoms. The first-order valence-electron chi connectivity index (χ1n) is 12.0. The molecule has 1 N–H and O–H groups in total. The van der Waals surface area contributed by atoms with Gasteiger partial charge in [0.1, 0.15) is 5.82 Å². The van der Waals surface area contributed by atoms with Crippen LogP contribution in [-0.4, -0.2) is 31.3 Å². The maximum atomic E-state index is 13.6. The molecule has 0 radical (unpaired) electrons. The Morgan fingerprint density at radius 1 is 0.917 bits per heavy atom. The van der Waals surface area contributed by atoms with Gasteiger partial charge in [0.15, 0.2) is 0 Å². The number of likely N-dealkylation sites (N-methyl/N-ethyl adjacent to an activating group) is 1. The summed E-state index contributed by atoms with van der Waals surface area (Å²) in [6.07, 6.45) is 0. The van der Waals surface area contributed by atoms with E-state index in [0.29, 0.717) is 12.1 Å². The molecule has 0 saturated carbocycles. The molecule has 1 amide bonds. The molecular formula is C30H26FN3OS. The largest absolute Gasteiger partial charge is 0.370 e. The van der Waals surface area contributed by atoms with Crippen LogP contribution >= 0.6 is 11.8 Å². The minimum atomic E-state index is -0.288. The van der Waals surface area contributed by atoms with Gasteiger partial charge < -0.3 is 10.2 Å². The topological polar surface area (TPSA) is 44.7 Å². The molecule has 4 nitrogen and oxygen atoms in total. The number of halogens is 1. The fourth-order valence-electron chi connectivity index (χ4n) is 4.23. The lowest BCUT2D eigenvalue weighted by molar-refractivity contribution is 0.0954. The highest BCUT2D eigenvalue weighted by molar-refractivity contribution is 7.99. The van der Waals surface area contributed by atoms with Gasteiger partial charge in [0.2, 0.25) is 0 Å². The van der Waals surface area contributed by atoms with E-state index in [0.717, 1.165) is 51.1 Å². The fourth-order valence-corrected chi connectivity index (χ4v) is 5.23. The number of carbonyl (C=O) groups is 1. The predicted octanol–water partition coefficient (Wildman–Crippen LogP) is 6.72. The molecule has 5 rings (SSSR count). The molecule has 0 bridgehead atoms. The van der Waals surface area contributed by atoms with Crippen molar-refractivity contribution >= 4 is 34.8 Å². The zero-order chi connectivity index (χ0) is 24.9. The number of para-hydroxylation sites is 1. The summed E-state index contributed by atoms with van der Waals surface area (Å²) in [5.74, 6) is -0.420. The third-order valence-electron chi connectivity index (χ3n) is 6.10. The Bertz CT molecular complexity index is 1400. The number of hydrogen-bond donors (Lipinski definition) is 1. The Kier molecular flexibility index (Phi) is 7.14. The number of carbonyl (C=O) groups excluding carboxylic acids is 1. The zero-order valence-electron chi connectivity index (χ0n) is 19.9. The smallest absolute Gasteiger partial charge is 0.251 e. The zero-order valence-corrected chi connectivity index (χ0v) is 20.8. The predicted molar refractivity (Wildman–Crippen MR) is 145 cm³/mol. The number of nitrogens with zero attached hydrogens (tertiary/aromatic N) is 2. The highest BCUT2D eigenvalue weighted by Crippen LogP contribution is 2.41. The normalized spacial score (nSPS) is 12.1. The summed E-state index contributed by atoms with van der Waals surface area (Å²) in [5, 5.41) is 3.04. The number of hydrogen-bond acceptors (Lipinski definition) is 4. The van der Waals surface area contributed by atoms with Gasteiger partial charge in [-0.25, -0.2) is 9.38 Å². The van der Waals surface area contributed by atoms with Crippen LogP contribution in [0.5, 0.6) is 0 Å². The van der Waals surface area contributed by atoms with E-state index in [1.54, 1.807) is 23.9 Å². The number of rotatable bonds is 7. The van der Waals surface area contributed by atoms with Gasteiger partial charge in [-0.3, -0.25) is 4.79 Å². The SMILES string of the molecule is CCN(CCNC(=O)c1ccc2c(c1)N=C(c1ccc(F)cc1)c1ccccc1S2)c1ccccc1. The van der Waals surface area contributed by atoms with Crippen LogP contribution in [0.1, 0.15) is 28.4 Å². The summed E-state index contributed by atoms with van der Waals surface area (Å²) in [6, 6.07) is 30.2. The first kappa shape index (κ1) is 23.8. The van der Waals surface area contributed by atoms with Crippen LogP contribution in [-0.2, 0) is 0 Å². The Hall–Kier alpha value is -3.90. The molecule has 0 fully saturated rings. The molecule has 0 aliphatic carbocycles. The van der Waals surface area contributed by atoms with E-state index in [2.05, 4.69) is 35.3 Å². The van der Waals surface area contributed by atoms with Crippen molar-refractivity contribution in [2.45, 2.75) is 16.7 Å². The first-order valence-corrected chi connectivity index (χ1v) is 12.8. The van der Waals surface area contributed by atoms with Gasteiger partial charge in [0.25, 0.3) is 5.91 Å². The van der Waals surface area contributed by atoms with Crippen LogP contribution in [0.2, 0.25) is 0 Å². The van der Waals surface area contributed by atoms with Crippen LogP contribution in [0, 0.1) is 5.82 Å². The third kappa shape index (κ3) is 5.19. The monoisotopic (exact) mass is 495 g/mol. The van der Waals surface area contributed by atoms with Crippen LogP contribution in [0.3, 0.4) is 0 Å².